The lowest BCUT2D eigenvalue weighted by molar-refractivity contribution is -0.125. The summed E-state index contributed by atoms with van der Waals surface area (Å²) in [7, 11) is 0. The highest BCUT2D eigenvalue weighted by Crippen LogP contribution is 2.10. The second-order valence-electron chi connectivity index (χ2n) is 6.09. The molecular weight excluding hydrogens is 338 g/mol. The van der Waals surface area contributed by atoms with Crippen LogP contribution in [0.4, 0.5) is 5.69 Å². The van der Waals surface area contributed by atoms with E-state index in [1.54, 1.807) is 18.2 Å². The lowest BCUT2D eigenvalue weighted by atomic mass is 10.1. The second kappa shape index (κ2) is 10.1. The minimum atomic E-state index is -0.685. The molecule has 1 aromatic carbocycles. The first-order valence-corrected chi connectivity index (χ1v) is 8.20. The van der Waals surface area contributed by atoms with E-state index >= 15 is 0 Å². The Kier molecular flexibility index (Phi) is 8.23. The number of amides is 4. The van der Waals surface area contributed by atoms with Crippen LogP contribution in [0.1, 0.15) is 30.6 Å². The van der Waals surface area contributed by atoms with E-state index in [4.69, 9.17) is 11.5 Å². The molecule has 0 saturated heterocycles. The van der Waals surface area contributed by atoms with Gasteiger partial charge in [-0.3, -0.25) is 19.2 Å². The van der Waals surface area contributed by atoms with Crippen LogP contribution in [0.5, 0.6) is 0 Å². The van der Waals surface area contributed by atoms with Crippen LogP contribution in [-0.2, 0) is 14.4 Å². The number of rotatable bonds is 9. The number of primary amides is 1. The molecule has 0 aromatic heterocycles. The van der Waals surface area contributed by atoms with Gasteiger partial charge in [-0.1, -0.05) is 19.9 Å². The van der Waals surface area contributed by atoms with Crippen LogP contribution in [0, 0.1) is 5.92 Å². The molecule has 0 unspecified atom stereocenters. The average molecular weight is 363 g/mol. The molecule has 0 bridgehead atoms. The van der Waals surface area contributed by atoms with Crippen molar-refractivity contribution in [3.63, 3.8) is 0 Å². The van der Waals surface area contributed by atoms with Crippen molar-refractivity contribution >= 4 is 29.3 Å². The summed E-state index contributed by atoms with van der Waals surface area (Å²) in [5.41, 5.74) is 11.4. The number of nitrogens with one attached hydrogen (secondary N) is 3. The quantitative estimate of drug-likeness (QED) is 0.393. The third-order valence-electron chi connectivity index (χ3n) is 3.51. The number of benzene rings is 1. The molecule has 1 aromatic rings. The molecule has 0 spiro atoms. The van der Waals surface area contributed by atoms with Gasteiger partial charge < -0.3 is 27.4 Å². The molecule has 9 nitrogen and oxygen atoms in total. The predicted octanol–water partition coefficient (Wildman–Crippen LogP) is -0.670. The number of anilines is 1. The molecule has 0 aliphatic heterocycles. The third kappa shape index (κ3) is 7.31. The number of nitrogens with two attached hydrogens (primary N) is 2. The van der Waals surface area contributed by atoms with E-state index in [0.29, 0.717) is 11.3 Å². The molecule has 0 aliphatic rings. The highest BCUT2D eigenvalue weighted by atomic mass is 16.2. The van der Waals surface area contributed by atoms with Crippen molar-refractivity contribution < 1.29 is 19.2 Å². The van der Waals surface area contributed by atoms with E-state index in [9.17, 15) is 19.2 Å². The standard InChI is InChI=1S/C17H25N5O4/c1-10(2)15(19)17(26)21-9-14(24)22-12-5-3-4-11(8-12)16(25)20-7-6-13(18)23/h3-5,8,10,15H,6-7,9,19H2,1-2H3,(H2,18,23)(H,20,25)(H,21,26)(H,22,24)/t15-/m0/s1. The number of hydrogen-bond acceptors (Lipinski definition) is 5. The van der Waals surface area contributed by atoms with Gasteiger partial charge >= 0.3 is 0 Å². The molecule has 0 saturated carbocycles. The minimum Gasteiger partial charge on any atom is -0.370 e. The number of carbonyl (C=O) groups is 4. The maximum absolute atomic E-state index is 12.0. The fourth-order valence-electron chi connectivity index (χ4n) is 1.93. The molecule has 0 aliphatic carbocycles. The zero-order valence-electron chi connectivity index (χ0n) is 14.9. The third-order valence-corrected chi connectivity index (χ3v) is 3.51. The molecular formula is C17H25N5O4. The van der Waals surface area contributed by atoms with Gasteiger partial charge in [0.15, 0.2) is 0 Å². The predicted molar refractivity (Wildman–Crippen MR) is 97.0 cm³/mol. The molecule has 9 heteroatoms. The van der Waals surface area contributed by atoms with Gasteiger partial charge in [-0.05, 0) is 24.1 Å². The molecule has 26 heavy (non-hydrogen) atoms. The summed E-state index contributed by atoms with van der Waals surface area (Å²) in [6.07, 6.45) is 0.0420. The Morgan fingerprint density at radius 2 is 1.81 bits per heavy atom. The first kappa shape index (κ1) is 21.1. The molecule has 4 amide bonds. The van der Waals surface area contributed by atoms with Gasteiger partial charge in [0.25, 0.3) is 5.91 Å². The first-order valence-electron chi connectivity index (χ1n) is 8.20. The zero-order valence-corrected chi connectivity index (χ0v) is 14.9. The summed E-state index contributed by atoms with van der Waals surface area (Å²) in [5.74, 6) is -1.79. The lowest BCUT2D eigenvalue weighted by Gasteiger charge is -2.15. The Hall–Kier alpha value is -2.94. The van der Waals surface area contributed by atoms with E-state index in [-0.39, 0.29) is 25.4 Å². The van der Waals surface area contributed by atoms with E-state index in [0.717, 1.165) is 0 Å². The fraction of sp³-hybridized carbons (Fsp3) is 0.412. The van der Waals surface area contributed by atoms with E-state index < -0.39 is 29.7 Å². The minimum absolute atomic E-state index is 0.0391. The van der Waals surface area contributed by atoms with E-state index in [1.165, 1.54) is 6.07 Å². The van der Waals surface area contributed by atoms with Gasteiger partial charge in [0.2, 0.25) is 17.7 Å². The molecule has 0 heterocycles. The van der Waals surface area contributed by atoms with Crippen molar-refractivity contribution in [1.29, 1.82) is 0 Å². The molecule has 0 radical (unpaired) electrons. The van der Waals surface area contributed by atoms with E-state index in [2.05, 4.69) is 16.0 Å². The smallest absolute Gasteiger partial charge is 0.251 e. The van der Waals surface area contributed by atoms with Crippen molar-refractivity contribution in [3.8, 4) is 0 Å². The summed E-state index contributed by atoms with van der Waals surface area (Å²) in [5, 5.41) is 7.60. The van der Waals surface area contributed by atoms with Crippen molar-refractivity contribution in [3.05, 3.63) is 29.8 Å². The Balaban J connectivity index is 2.54. The van der Waals surface area contributed by atoms with Crippen LogP contribution in [-0.4, -0.2) is 42.8 Å². The SMILES string of the molecule is CC(C)[C@H](N)C(=O)NCC(=O)Nc1cccc(C(=O)NCCC(N)=O)c1. The highest BCUT2D eigenvalue weighted by molar-refractivity contribution is 5.98. The monoisotopic (exact) mass is 363 g/mol. The summed E-state index contributed by atoms with van der Waals surface area (Å²) in [6, 6.07) is 5.58. The average Bonchev–Trinajstić information content (AvgIpc) is 2.58. The zero-order chi connectivity index (χ0) is 19.7. The normalized spacial score (nSPS) is 11.5. The number of hydrogen-bond donors (Lipinski definition) is 5. The number of carbonyl (C=O) groups excluding carboxylic acids is 4. The Bertz CT molecular complexity index is 675. The van der Waals surface area contributed by atoms with Gasteiger partial charge in [0.1, 0.15) is 0 Å². The van der Waals surface area contributed by atoms with Crippen LogP contribution in [0.25, 0.3) is 0 Å². The van der Waals surface area contributed by atoms with Crippen molar-refractivity contribution in [1.82, 2.24) is 10.6 Å². The summed E-state index contributed by atoms with van der Waals surface area (Å²) in [4.78, 5) is 46.3. The van der Waals surface area contributed by atoms with Crippen LogP contribution >= 0.6 is 0 Å². The first-order chi connectivity index (χ1) is 12.2. The Labute approximate surface area is 151 Å². The van der Waals surface area contributed by atoms with Crippen LogP contribution in [0.3, 0.4) is 0 Å². The highest BCUT2D eigenvalue weighted by Gasteiger charge is 2.17. The van der Waals surface area contributed by atoms with Crippen LogP contribution in [0.15, 0.2) is 24.3 Å². The van der Waals surface area contributed by atoms with Crippen molar-refractivity contribution in [2.75, 3.05) is 18.4 Å². The molecule has 7 N–H and O–H groups in total. The van der Waals surface area contributed by atoms with Gasteiger partial charge in [0.05, 0.1) is 12.6 Å². The van der Waals surface area contributed by atoms with Crippen LogP contribution < -0.4 is 27.4 Å². The fourth-order valence-corrected chi connectivity index (χ4v) is 1.93. The molecule has 1 rings (SSSR count). The molecule has 0 fully saturated rings. The molecule has 1 atom stereocenters. The lowest BCUT2D eigenvalue weighted by Crippen LogP contribution is -2.46. The Morgan fingerprint density at radius 1 is 1.12 bits per heavy atom. The van der Waals surface area contributed by atoms with Crippen molar-refractivity contribution in [2.45, 2.75) is 26.3 Å². The maximum atomic E-state index is 12.0. The van der Waals surface area contributed by atoms with E-state index in [1.807, 2.05) is 13.8 Å². The second-order valence-corrected chi connectivity index (χ2v) is 6.09. The Morgan fingerprint density at radius 3 is 2.42 bits per heavy atom. The largest absolute Gasteiger partial charge is 0.370 e. The summed E-state index contributed by atoms with van der Waals surface area (Å²) >= 11 is 0. The maximum Gasteiger partial charge on any atom is 0.251 e. The van der Waals surface area contributed by atoms with Gasteiger partial charge in [0, 0.05) is 24.2 Å². The van der Waals surface area contributed by atoms with Gasteiger partial charge in [-0.25, -0.2) is 0 Å². The topological polar surface area (TPSA) is 156 Å². The van der Waals surface area contributed by atoms with Crippen molar-refractivity contribution in [2.24, 2.45) is 17.4 Å². The van der Waals surface area contributed by atoms with Gasteiger partial charge in [-0.2, -0.15) is 0 Å². The summed E-state index contributed by atoms with van der Waals surface area (Å²) < 4.78 is 0. The summed E-state index contributed by atoms with van der Waals surface area (Å²) in [6.45, 7) is 3.52. The van der Waals surface area contributed by atoms with Crippen LogP contribution in [0.2, 0.25) is 0 Å². The molecule has 142 valence electrons. The van der Waals surface area contributed by atoms with Gasteiger partial charge in [-0.15, -0.1) is 0 Å².